The molecule has 108 valence electrons. The van der Waals surface area contributed by atoms with Crippen LogP contribution < -0.4 is 4.74 Å². The Morgan fingerprint density at radius 1 is 1.21 bits per heavy atom. The third-order valence-electron chi connectivity index (χ3n) is 2.87. The third-order valence-corrected chi connectivity index (χ3v) is 4.20. The summed E-state index contributed by atoms with van der Waals surface area (Å²) in [6, 6.07) is 1.29. The fourth-order valence-corrected chi connectivity index (χ4v) is 2.30. The second-order valence-electron chi connectivity index (χ2n) is 4.15. The van der Waals surface area contributed by atoms with Crippen molar-refractivity contribution in [2.24, 2.45) is 5.92 Å². The summed E-state index contributed by atoms with van der Waals surface area (Å²) < 4.78 is 54.3. The number of ether oxygens (including phenoxy) is 1. The van der Waals surface area contributed by atoms with Crippen molar-refractivity contribution in [1.29, 1.82) is 0 Å². The van der Waals surface area contributed by atoms with Crippen LogP contribution in [-0.4, -0.2) is 15.0 Å². The van der Waals surface area contributed by atoms with Crippen LogP contribution in [-0.2, 0) is 9.05 Å². The van der Waals surface area contributed by atoms with Gasteiger partial charge in [-0.25, -0.2) is 17.2 Å². The Bertz CT molecular complexity index is 519. The molecule has 0 bridgehead atoms. The van der Waals surface area contributed by atoms with Crippen LogP contribution in [0.3, 0.4) is 0 Å². The van der Waals surface area contributed by atoms with Crippen molar-refractivity contribution in [2.75, 3.05) is 6.61 Å². The maximum atomic E-state index is 13.6. The minimum atomic E-state index is -4.17. The van der Waals surface area contributed by atoms with Gasteiger partial charge in [0.1, 0.15) is 0 Å². The zero-order chi connectivity index (χ0) is 14.6. The second-order valence-corrected chi connectivity index (χ2v) is 6.71. The van der Waals surface area contributed by atoms with Gasteiger partial charge in [-0.3, -0.25) is 0 Å². The van der Waals surface area contributed by atoms with Crippen LogP contribution in [0.4, 0.5) is 8.78 Å². The molecule has 0 heterocycles. The molecular formula is C12H15ClF2O3S. The Balaban J connectivity index is 2.98. The topological polar surface area (TPSA) is 43.4 Å². The molecule has 1 aromatic carbocycles. The van der Waals surface area contributed by atoms with Crippen LogP contribution in [0.2, 0.25) is 0 Å². The van der Waals surface area contributed by atoms with Crippen LogP contribution >= 0.6 is 10.7 Å². The van der Waals surface area contributed by atoms with Crippen molar-refractivity contribution in [2.45, 2.75) is 31.6 Å². The molecule has 0 amide bonds. The number of benzene rings is 1. The van der Waals surface area contributed by atoms with Gasteiger partial charge in [0.2, 0.25) is 0 Å². The Labute approximate surface area is 115 Å². The van der Waals surface area contributed by atoms with E-state index in [0.29, 0.717) is 12.1 Å². The van der Waals surface area contributed by atoms with E-state index in [1.165, 1.54) is 0 Å². The smallest absolute Gasteiger partial charge is 0.261 e. The van der Waals surface area contributed by atoms with E-state index in [4.69, 9.17) is 15.4 Å². The Hall–Kier alpha value is -0.880. The van der Waals surface area contributed by atoms with Crippen molar-refractivity contribution in [3.05, 3.63) is 23.8 Å². The predicted molar refractivity (Wildman–Crippen MR) is 69.0 cm³/mol. The zero-order valence-corrected chi connectivity index (χ0v) is 12.2. The van der Waals surface area contributed by atoms with Gasteiger partial charge in [0, 0.05) is 10.7 Å². The van der Waals surface area contributed by atoms with Crippen LogP contribution in [0.5, 0.6) is 5.75 Å². The van der Waals surface area contributed by atoms with E-state index < -0.39 is 31.3 Å². The van der Waals surface area contributed by atoms with Gasteiger partial charge in [-0.1, -0.05) is 26.7 Å². The van der Waals surface area contributed by atoms with Crippen LogP contribution in [0.1, 0.15) is 26.7 Å². The summed E-state index contributed by atoms with van der Waals surface area (Å²) in [5.41, 5.74) is 0. The average molecular weight is 313 g/mol. The molecule has 0 fully saturated rings. The molecular weight excluding hydrogens is 298 g/mol. The van der Waals surface area contributed by atoms with Crippen LogP contribution in [0, 0.1) is 17.6 Å². The fraction of sp³-hybridized carbons (Fsp3) is 0.500. The highest BCUT2D eigenvalue weighted by Gasteiger charge is 2.19. The highest BCUT2D eigenvalue weighted by atomic mass is 35.7. The third kappa shape index (κ3) is 4.31. The molecule has 0 radical (unpaired) electrons. The lowest BCUT2D eigenvalue weighted by molar-refractivity contribution is 0.221. The summed E-state index contributed by atoms with van der Waals surface area (Å²) in [6.07, 6.45) is 1.65. The van der Waals surface area contributed by atoms with E-state index in [0.717, 1.165) is 12.8 Å². The summed E-state index contributed by atoms with van der Waals surface area (Å²) in [5, 5.41) is 0. The highest BCUT2D eigenvalue weighted by molar-refractivity contribution is 8.13. The van der Waals surface area contributed by atoms with Crippen LogP contribution in [0.25, 0.3) is 0 Å². The molecule has 0 aliphatic carbocycles. The second kappa shape index (κ2) is 6.52. The Kier molecular flexibility index (Phi) is 5.55. The molecule has 0 saturated heterocycles. The minimum Gasteiger partial charge on any atom is -0.487 e. The normalized spacial score (nSPS) is 11.9. The van der Waals surface area contributed by atoms with E-state index in [-0.39, 0.29) is 12.5 Å². The van der Waals surface area contributed by atoms with E-state index in [1.54, 1.807) is 0 Å². The molecule has 1 rings (SSSR count). The lowest BCUT2D eigenvalue weighted by atomic mass is 10.1. The van der Waals surface area contributed by atoms with Crippen molar-refractivity contribution in [3.63, 3.8) is 0 Å². The first-order chi connectivity index (χ1) is 8.79. The van der Waals surface area contributed by atoms with Gasteiger partial charge in [-0.05, 0) is 18.1 Å². The summed E-state index contributed by atoms with van der Waals surface area (Å²) >= 11 is 0. The van der Waals surface area contributed by atoms with Gasteiger partial charge in [-0.2, -0.15) is 0 Å². The van der Waals surface area contributed by atoms with Crippen molar-refractivity contribution >= 4 is 19.7 Å². The maximum Gasteiger partial charge on any atom is 0.261 e. The molecule has 0 atom stereocenters. The van der Waals surface area contributed by atoms with Gasteiger partial charge in [0.15, 0.2) is 17.4 Å². The van der Waals surface area contributed by atoms with E-state index in [9.17, 15) is 17.2 Å². The Morgan fingerprint density at radius 3 is 2.05 bits per heavy atom. The number of hydrogen-bond donors (Lipinski definition) is 0. The molecule has 0 N–H and O–H groups in total. The predicted octanol–water partition coefficient (Wildman–Crippen LogP) is 3.71. The summed E-state index contributed by atoms with van der Waals surface area (Å²) in [4.78, 5) is -0.626. The molecule has 7 heteroatoms. The van der Waals surface area contributed by atoms with Crippen molar-refractivity contribution in [1.82, 2.24) is 0 Å². The molecule has 0 saturated carbocycles. The van der Waals surface area contributed by atoms with E-state index >= 15 is 0 Å². The molecule has 0 unspecified atom stereocenters. The molecule has 3 nitrogen and oxygen atoms in total. The molecule has 19 heavy (non-hydrogen) atoms. The van der Waals surface area contributed by atoms with Crippen molar-refractivity contribution in [3.8, 4) is 5.75 Å². The number of rotatable bonds is 6. The summed E-state index contributed by atoms with van der Waals surface area (Å²) in [5.74, 6) is -2.54. The minimum absolute atomic E-state index is 0.174. The standard InChI is InChI=1S/C12H15ClF2O3S/c1-3-8(4-2)7-18-12-10(14)5-9(6-11(12)15)19(13,16)17/h5-6,8H,3-4,7H2,1-2H3. The quantitative estimate of drug-likeness (QED) is 0.752. The molecule has 1 aromatic rings. The molecule has 0 aromatic heterocycles. The van der Waals surface area contributed by atoms with Gasteiger partial charge in [0.05, 0.1) is 11.5 Å². The van der Waals surface area contributed by atoms with Gasteiger partial charge < -0.3 is 4.74 Å². The SMILES string of the molecule is CCC(CC)COc1c(F)cc(S(=O)(=O)Cl)cc1F. The summed E-state index contributed by atoms with van der Waals surface area (Å²) in [7, 11) is 0.857. The van der Waals surface area contributed by atoms with E-state index in [2.05, 4.69) is 0 Å². The fourth-order valence-electron chi connectivity index (χ4n) is 1.54. The molecule has 0 aliphatic heterocycles. The number of hydrogen-bond acceptors (Lipinski definition) is 3. The lowest BCUT2D eigenvalue weighted by Gasteiger charge is -2.15. The highest BCUT2D eigenvalue weighted by Crippen LogP contribution is 2.27. The van der Waals surface area contributed by atoms with Gasteiger partial charge in [-0.15, -0.1) is 0 Å². The molecule has 0 aliphatic rings. The Morgan fingerprint density at radius 2 is 1.68 bits per heavy atom. The first kappa shape index (κ1) is 16.2. The maximum absolute atomic E-state index is 13.6. The number of halogens is 3. The van der Waals surface area contributed by atoms with Crippen molar-refractivity contribution < 1.29 is 21.9 Å². The largest absolute Gasteiger partial charge is 0.487 e. The first-order valence-electron chi connectivity index (χ1n) is 5.86. The zero-order valence-electron chi connectivity index (χ0n) is 10.6. The average Bonchev–Trinajstić information content (AvgIpc) is 2.31. The monoisotopic (exact) mass is 312 g/mol. The van der Waals surface area contributed by atoms with Crippen LogP contribution in [0.15, 0.2) is 17.0 Å². The first-order valence-corrected chi connectivity index (χ1v) is 8.17. The van der Waals surface area contributed by atoms with E-state index in [1.807, 2.05) is 13.8 Å². The van der Waals surface area contributed by atoms with Gasteiger partial charge in [0.25, 0.3) is 9.05 Å². The lowest BCUT2D eigenvalue weighted by Crippen LogP contribution is -2.12. The molecule has 0 spiro atoms. The van der Waals surface area contributed by atoms with Gasteiger partial charge >= 0.3 is 0 Å². The summed E-state index contributed by atoms with van der Waals surface area (Å²) in [6.45, 7) is 4.08.